The van der Waals surface area contributed by atoms with Crippen LogP contribution in [0.4, 0.5) is 5.69 Å². The van der Waals surface area contributed by atoms with Crippen molar-refractivity contribution >= 4 is 5.69 Å². The van der Waals surface area contributed by atoms with E-state index < -0.39 is 0 Å². The highest BCUT2D eigenvalue weighted by atomic mass is 16.5. The molecule has 0 radical (unpaired) electrons. The van der Waals surface area contributed by atoms with Gasteiger partial charge >= 0.3 is 0 Å². The van der Waals surface area contributed by atoms with E-state index in [1.165, 1.54) is 5.56 Å². The Morgan fingerprint density at radius 1 is 1.06 bits per heavy atom. The first-order valence-electron chi connectivity index (χ1n) is 6.28. The van der Waals surface area contributed by atoms with Gasteiger partial charge in [-0.25, -0.2) is 0 Å². The SMILES string of the molecule is Cc1ccc(OCCCc2ccccc2)c(N)c1. The number of nitrogen functional groups attached to an aromatic ring is 1. The molecule has 0 fully saturated rings. The van der Waals surface area contributed by atoms with Crippen LogP contribution in [0.2, 0.25) is 0 Å². The molecule has 0 unspecified atom stereocenters. The van der Waals surface area contributed by atoms with Crippen LogP contribution in [0.1, 0.15) is 17.5 Å². The second-order valence-electron chi connectivity index (χ2n) is 4.48. The topological polar surface area (TPSA) is 35.2 Å². The van der Waals surface area contributed by atoms with Gasteiger partial charge in [-0.3, -0.25) is 0 Å². The molecule has 0 atom stereocenters. The van der Waals surface area contributed by atoms with Crippen molar-refractivity contribution in [3.05, 3.63) is 59.7 Å². The normalized spacial score (nSPS) is 10.3. The van der Waals surface area contributed by atoms with Crippen LogP contribution in [0.3, 0.4) is 0 Å². The maximum Gasteiger partial charge on any atom is 0.142 e. The van der Waals surface area contributed by atoms with Gasteiger partial charge in [-0.2, -0.15) is 0 Å². The molecular weight excluding hydrogens is 222 g/mol. The Bertz CT molecular complexity index is 494. The standard InChI is InChI=1S/C16H19NO/c1-13-9-10-16(15(17)12-13)18-11-5-8-14-6-3-2-4-7-14/h2-4,6-7,9-10,12H,5,8,11,17H2,1H3. The lowest BCUT2D eigenvalue weighted by Gasteiger charge is -2.09. The van der Waals surface area contributed by atoms with E-state index in [1.54, 1.807) is 0 Å². The van der Waals surface area contributed by atoms with Gasteiger partial charge in [0.1, 0.15) is 5.75 Å². The Balaban J connectivity index is 1.79. The smallest absolute Gasteiger partial charge is 0.142 e. The van der Waals surface area contributed by atoms with Gasteiger partial charge in [0.2, 0.25) is 0 Å². The van der Waals surface area contributed by atoms with Crippen molar-refractivity contribution in [2.45, 2.75) is 19.8 Å². The molecule has 94 valence electrons. The number of anilines is 1. The summed E-state index contributed by atoms with van der Waals surface area (Å²) in [6.45, 7) is 2.72. The van der Waals surface area contributed by atoms with Crippen molar-refractivity contribution in [1.82, 2.24) is 0 Å². The average Bonchev–Trinajstić information content (AvgIpc) is 2.38. The van der Waals surface area contributed by atoms with Crippen molar-refractivity contribution in [2.24, 2.45) is 0 Å². The molecule has 0 saturated heterocycles. The molecule has 0 aliphatic heterocycles. The molecule has 2 N–H and O–H groups in total. The first kappa shape index (κ1) is 12.5. The third-order valence-electron chi connectivity index (χ3n) is 2.88. The summed E-state index contributed by atoms with van der Waals surface area (Å²) in [5.41, 5.74) is 9.11. The lowest BCUT2D eigenvalue weighted by Crippen LogP contribution is -2.02. The zero-order valence-electron chi connectivity index (χ0n) is 10.7. The van der Waals surface area contributed by atoms with Crippen molar-refractivity contribution in [2.75, 3.05) is 12.3 Å². The van der Waals surface area contributed by atoms with Crippen molar-refractivity contribution in [1.29, 1.82) is 0 Å². The summed E-state index contributed by atoms with van der Waals surface area (Å²) in [5.74, 6) is 0.786. The highest BCUT2D eigenvalue weighted by Gasteiger charge is 2.00. The number of ether oxygens (including phenoxy) is 1. The van der Waals surface area contributed by atoms with Gasteiger partial charge in [0.25, 0.3) is 0 Å². The minimum Gasteiger partial charge on any atom is -0.491 e. The van der Waals surface area contributed by atoms with Gasteiger partial charge in [0.05, 0.1) is 12.3 Å². The number of hydrogen-bond acceptors (Lipinski definition) is 2. The Labute approximate surface area is 108 Å². The predicted octanol–water partition coefficient (Wildman–Crippen LogP) is 3.59. The summed E-state index contributed by atoms with van der Waals surface area (Å²) >= 11 is 0. The average molecular weight is 241 g/mol. The van der Waals surface area contributed by atoms with Gasteiger partial charge in [-0.15, -0.1) is 0 Å². The molecule has 0 aromatic heterocycles. The number of hydrogen-bond donors (Lipinski definition) is 1. The molecule has 0 bridgehead atoms. The molecular formula is C16H19NO. The lowest BCUT2D eigenvalue weighted by molar-refractivity contribution is 0.312. The number of aryl methyl sites for hydroxylation is 2. The van der Waals surface area contributed by atoms with Gasteiger partial charge in [0, 0.05) is 0 Å². The first-order chi connectivity index (χ1) is 8.75. The van der Waals surface area contributed by atoms with Crippen LogP contribution in [0.15, 0.2) is 48.5 Å². The van der Waals surface area contributed by atoms with Crippen LogP contribution < -0.4 is 10.5 Å². The maximum absolute atomic E-state index is 5.89. The fraction of sp³-hybridized carbons (Fsp3) is 0.250. The molecule has 0 saturated carbocycles. The van der Waals surface area contributed by atoms with E-state index in [0.717, 1.165) is 29.8 Å². The molecule has 2 rings (SSSR count). The molecule has 0 heterocycles. The quantitative estimate of drug-likeness (QED) is 0.641. The summed E-state index contributed by atoms with van der Waals surface area (Å²) in [6, 6.07) is 16.3. The first-order valence-corrected chi connectivity index (χ1v) is 6.28. The fourth-order valence-electron chi connectivity index (χ4n) is 1.90. The molecule has 18 heavy (non-hydrogen) atoms. The number of nitrogens with two attached hydrogens (primary N) is 1. The minimum atomic E-state index is 0.697. The van der Waals surface area contributed by atoms with E-state index in [4.69, 9.17) is 10.5 Å². The van der Waals surface area contributed by atoms with Crippen LogP contribution in [0.25, 0.3) is 0 Å². The summed E-state index contributed by atoms with van der Waals surface area (Å²) in [4.78, 5) is 0. The highest BCUT2D eigenvalue weighted by molar-refractivity contribution is 5.53. The summed E-state index contributed by atoms with van der Waals surface area (Å²) in [6.07, 6.45) is 2.03. The molecule has 2 aromatic carbocycles. The Hall–Kier alpha value is -1.96. The Morgan fingerprint density at radius 2 is 1.83 bits per heavy atom. The van der Waals surface area contributed by atoms with Gasteiger partial charge < -0.3 is 10.5 Å². The van der Waals surface area contributed by atoms with Crippen LogP contribution in [0, 0.1) is 6.92 Å². The minimum absolute atomic E-state index is 0.697. The van der Waals surface area contributed by atoms with Gasteiger partial charge in [0.15, 0.2) is 0 Å². The lowest BCUT2D eigenvalue weighted by atomic mass is 10.1. The molecule has 2 heteroatoms. The summed E-state index contributed by atoms with van der Waals surface area (Å²) < 4.78 is 5.69. The Kier molecular flexibility index (Phi) is 4.24. The number of benzene rings is 2. The molecule has 0 aliphatic rings. The molecule has 2 nitrogen and oxygen atoms in total. The van der Waals surface area contributed by atoms with Crippen LogP contribution in [0.5, 0.6) is 5.75 Å². The van der Waals surface area contributed by atoms with Crippen LogP contribution in [-0.4, -0.2) is 6.61 Å². The third kappa shape index (κ3) is 3.52. The molecule has 2 aromatic rings. The van der Waals surface area contributed by atoms with E-state index in [9.17, 15) is 0 Å². The van der Waals surface area contributed by atoms with Gasteiger partial charge in [-0.05, 0) is 43.0 Å². The van der Waals surface area contributed by atoms with Gasteiger partial charge in [-0.1, -0.05) is 36.4 Å². The summed E-state index contributed by atoms with van der Waals surface area (Å²) in [7, 11) is 0. The van der Waals surface area contributed by atoms with Crippen molar-refractivity contribution in [3.8, 4) is 5.75 Å². The van der Waals surface area contributed by atoms with E-state index in [2.05, 4.69) is 24.3 Å². The van der Waals surface area contributed by atoms with E-state index in [-0.39, 0.29) is 0 Å². The van der Waals surface area contributed by atoms with E-state index in [0.29, 0.717) is 6.61 Å². The van der Waals surface area contributed by atoms with E-state index in [1.807, 2.05) is 31.2 Å². The highest BCUT2D eigenvalue weighted by Crippen LogP contribution is 2.22. The summed E-state index contributed by atoms with van der Waals surface area (Å²) in [5, 5.41) is 0. The molecule has 0 aliphatic carbocycles. The monoisotopic (exact) mass is 241 g/mol. The fourth-order valence-corrected chi connectivity index (χ4v) is 1.90. The second-order valence-corrected chi connectivity index (χ2v) is 4.48. The molecule has 0 amide bonds. The van der Waals surface area contributed by atoms with Crippen molar-refractivity contribution < 1.29 is 4.74 Å². The van der Waals surface area contributed by atoms with Crippen LogP contribution >= 0.6 is 0 Å². The van der Waals surface area contributed by atoms with Crippen LogP contribution in [-0.2, 0) is 6.42 Å². The second kappa shape index (κ2) is 6.10. The molecule has 0 spiro atoms. The predicted molar refractivity (Wildman–Crippen MR) is 75.8 cm³/mol. The maximum atomic E-state index is 5.89. The zero-order valence-corrected chi connectivity index (χ0v) is 10.7. The Morgan fingerprint density at radius 3 is 2.56 bits per heavy atom. The third-order valence-corrected chi connectivity index (χ3v) is 2.88. The number of rotatable bonds is 5. The van der Waals surface area contributed by atoms with E-state index >= 15 is 0 Å². The zero-order chi connectivity index (χ0) is 12.8. The largest absolute Gasteiger partial charge is 0.491 e. The van der Waals surface area contributed by atoms with Crippen molar-refractivity contribution in [3.63, 3.8) is 0 Å².